The molecule has 1 spiro atoms. The largest absolute Gasteiger partial charge is 0.493 e. The van der Waals surface area contributed by atoms with E-state index in [1.807, 2.05) is 6.08 Å². The minimum Gasteiger partial charge on any atom is -0.493 e. The SMILES string of the molecule is CCCCCCCCCCCCCCCCN1c2ccccc2C(C)(C)C12C=Cc1cc([N+](=O)[O-])cc(OC)c1O2. The first-order valence-corrected chi connectivity index (χ1v) is 16.0. The first-order chi connectivity index (χ1) is 19.9. The summed E-state index contributed by atoms with van der Waals surface area (Å²) in [5, 5.41) is 11.5. The number of benzene rings is 2. The van der Waals surface area contributed by atoms with Gasteiger partial charge in [-0.1, -0.05) is 109 Å². The molecule has 0 fully saturated rings. The van der Waals surface area contributed by atoms with Gasteiger partial charge in [0.15, 0.2) is 11.5 Å². The molecule has 0 aliphatic carbocycles. The van der Waals surface area contributed by atoms with Crippen LogP contribution in [0.4, 0.5) is 11.4 Å². The lowest BCUT2D eigenvalue weighted by Crippen LogP contribution is -2.59. The fourth-order valence-corrected chi connectivity index (χ4v) is 6.67. The number of nitro groups is 1. The number of hydrogen-bond acceptors (Lipinski definition) is 5. The Kier molecular flexibility index (Phi) is 10.7. The average Bonchev–Trinajstić information content (AvgIpc) is 3.15. The molecule has 6 nitrogen and oxygen atoms in total. The van der Waals surface area contributed by atoms with Crippen LogP contribution < -0.4 is 14.4 Å². The van der Waals surface area contributed by atoms with Gasteiger partial charge in [-0.25, -0.2) is 0 Å². The molecule has 0 aromatic heterocycles. The average molecular weight is 563 g/mol. The second-order valence-corrected chi connectivity index (χ2v) is 12.3. The summed E-state index contributed by atoms with van der Waals surface area (Å²) < 4.78 is 12.5. The highest BCUT2D eigenvalue weighted by Gasteiger charge is 2.59. The molecule has 1 atom stereocenters. The Balaban J connectivity index is 1.35. The number of nitro benzene ring substituents is 1. The highest BCUT2D eigenvalue weighted by atomic mass is 16.6. The Morgan fingerprint density at radius 1 is 0.878 bits per heavy atom. The molecule has 0 radical (unpaired) electrons. The van der Waals surface area contributed by atoms with Gasteiger partial charge in [-0.15, -0.1) is 0 Å². The molecule has 0 saturated heterocycles. The van der Waals surface area contributed by atoms with Crippen LogP contribution in [0, 0.1) is 10.1 Å². The molecule has 6 heteroatoms. The topological polar surface area (TPSA) is 64.8 Å². The van der Waals surface area contributed by atoms with Gasteiger partial charge < -0.3 is 14.4 Å². The summed E-state index contributed by atoms with van der Waals surface area (Å²) in [5.41, 5.74) is 2.02. The number of methoxy groups -OCH3 is 1. The maximum absolute atomic E-state index is 11.5. The normalized spacial score (nSPS) is 18.3. The van der Waals surface area contributed by atoms with Crippen LogP contribution >= 0.6 is 0 Å². The third kappa shape index (κ3) is 6.73. The molecule has 2 aromatic rings. The van der Waals surface area contributed by atoms with Crippen LogP contribution in [-0.2, 0) is 5.41 Å². The van der Waals surface area contributed by atoms with E-state index in [0.29, 0.717) is 17.1 Å². The van der Waals surface area contributed by atoms with Crippen molar-refractivity contribution in [3.05, 3.63) is 63.7 Å². The van der Waals surface area contributed by atoms with Crippen LogP contribution in [0.5, 0.6) is 11.5 Å². The van der Waals surface area contributed by atoms with Crippen LogP contribution in [0.25, 0.3) is 6.08 Å². The minimum absolute atomic E-state index is 0.00182. The van der Waals surface area contributed by atoms with E-state index < -0.39 is 10.6 Å². The summed E-state index contributed by atoms with van der Waals surface area (Å²) >= 11 is 0. The van der Waals surface area contributed by atoms with Gasteiger partial charge in [0.25, 0.3) is 5.69 Å². The monoisotopic (exact) mass is 562 g/mol. The summed E-state index contributed by atoms with van der Waals surface area (Å²) in [6.45, 7) is 7.61. The predicted molar refractivity (Wildman–Crippen MR) is 169 cm³/mol. The molecule has 0 amide bonds. The van der Waals surface area contributed by atoms with Crippen LogP contribution in [0.15, 0.2) is 42.5 Å². The van der Waals surface area contributed by atoms with Crippen LogP contribution in [0.2, 0.25) is 0 Å². The van der Waals surface area contributed by atoms with E-state index in [1.54, 1.807) is 6.07 Å². The summed E-state index contributed by atoms with van der Waals surface area (Å²) in [4.78, 5) is 13.5. The molecule has 0 bridgehead atoms. The number of rotatable bonds is 17. The molecule has 2 aliphatic rings. The van der Waals surface area contributed by atoms with Gasteiger partial charge in [-0.05, 0) is 44.1 Å². The predicted octanol–water partition coefficient (Wildman–Crippen LogP) is 9.98. The van der Waals surface area contributed by atoms with Crippen LogP contribution in [0.1, 0.15) is 122 Å². The lowest BCUT2D eigenvalue weighted by molar-refractivity contribution is -0.385. The smallest absolute Gasteiger partial charge is 0.274 e. The third-order valence-corrected chi connectivity index (χ3v) is 9.15. The number of anilines is 1. The number of non-ortho nitro benzene ring substituents is 1. The summed E-state index contributed by atoms with van der Waals surface area (Å²) in [5.74, 6) is 0.952. The Morgan fingerprint density at radius 3 is 2.05 bits per heavy atom. The molecular weight excluding hydrogens is 512 g/mol. The molecule has 0 saturated carbocycles. The summed E-state index contributed by atoms with van der Waals surface area (Å²) in [6.07, 6.45) is 22.8. The maximum atomic E-state index is 11.5. The van der Waals surface area contributed by atoms with Crippen LogP contribution in [0.3, 0.4) is 0 Å². The molecule has 224 valence electrons. The lowest BCUT2D eigenvalue weighted by atomic mass is 9.76. The van der Waals surface area contributed by atoms with Crippen molar-refractivity contribution in [3.8, 4) is 11.5 Å². The molecule has 41 heavy (non-hydrogen) atoms. The zero-order valence-corrected chi connectivity index (χ0v) is 25.8. The minimum atomic E-state index is -0.746. The third-order valence-electron chi connectivity index (χ3n) is 9.15. The second-order valence-electron chi connectivity index (χ2n) is 12.3. The fourth-order valence-electron chi connectivity index (χ4n) is 6.67. The molecular formula is C35H50N2O4. The van der Waals surface area contributed by atoms with Gasteiger partial charge in [-0.3, -0.25) is 10.1 Å². The highest BCUT2D eigenvalue weighted by Crippen LogP contribution is 2.56. The molecule has 1 unspecified atom stereocenters. The Labute approximate surface area is 247 Å². The first-order valence-electron chi connectivity index (χ1n) is 16.0. The number of ether oxygens (including phenoxy) is 2. The van der Waals surface area contributed by atoms with Crippen molar-refractivity contribution in [2.45, 2.75) is 122 Å². The molecule has 2 aliphatic heterocycles. The Morgan fingerprint density at radius 2 is 1.46 bits per heavy atom. The van der Waals surface area contributed by atoms with Gasteiger partial charge in [0.2, 0.25) is 5.72 Å². The number of fused-ring (bicyclic) bond motifs is 2. The van der Waals surface area contributed by atoms with Crippen molar-refractivity contribution in [2.24, 2.45) is 0 Å². The standard InChI is InChI=1S/C35H50N2O4/c1-5-6-7-8-9-10-11-12-13-14-15-16-17-20-25-36-31-22-19-18-21-30(31)34(2,3)35(36)24-23-28-26-29(37(38)39)27-32(40-4)33(28)41-35/h18-19,21-24,26-27H,5-17,20,25H2,1-4H3. The van der Waals surface area contributed by atoms with Gasteiger partial charge >= 0.3 is 0 Å². The van der Waals surface area contributed by atoms with Gasteiger partial charge in [0.05, 0.1) is 23.5 Å². The van der Waals surface area contributed by atoms with Gasteiger partial charge in [0.1, 0.15) is 0 Å². The van der Waals surface area contributed by atoms with Crippen molar-refractivity contribution in [3.63, 3.8) is 0 Å². The second kappa shape index (κ2) is 14.2. The van der Waals surface area contributed by atoms with Crippen LogP contribution in [-0.4, -0.2) is 24.3 Å². The fraction of sp³-hybridized carbons (Fsp3) is 0.600. The van der Waals surface area contributed by atoms with E-state index in [1.165, 1.54) is 108 Å². The summed E-state index contributed by atoms with van der Waals surface area (Å²) in [6, 6.07) is 11.6. The highest BCUT2D eigenvalue weighted by molar-refractivity contribution is 5.75. The van der Waals surface area contributed by atoms with E-state index in [0.717, 1.165) is 13.0 Å². The van der Waals surface area contributed by atoms with E-state index in [9.17, 15) is 10.1 Å². The van der Waals surface area contributed by atoms with Gasteiger partial charge in [-0.2, -0.15) is 0 Å². The van der Waals surface area contributed by atoms with E-state index in [2.05, 4.69) is 56.0 Å². The van der Waals surface area contributed by atoms with E-state index in [4.69, 9.17) is 9.47 Å². The molecule has 2 heterocycles. The Bertz CT molecular complexity index is 1190. The molecule has 4 rings (SSSR count). The van der Waals surface area contributed by atoms with Gasteiger partial charge in [0, 0.05) is 23.9 Å². The van der Waals surface area contributed by atoms with Crippen molar-refractivity contribution >= 4 is 17.5 Å². The van der Waals surface area contributed by atoms with E-state index >= 15 is 0 Å². The maximum Gasteiger partial charge on any atom is 0.274 e. The lowest BCUT2D eigenvalue weighted by Gasteiger charge is -2.47. The van der Waals surface area contributed by atoms with Crippen molar-refractivity contribution in [1.82, 2.24) is 0 Å². The number of nitrogens with zero attached hydrogens (tertiary/aromatic N) is 2. The number of hydrogen-bond donors (Lipinski definition) is 0. The van der Waals surface area contributed by atoms with Crippen molar-refractivity contribution in [2.75, 3.05) is 18.6 Å². The van der Waals surface area contributed by atoms with Crippen molar-refractivity contribution < 1.29 is 14.4 Å². The van der Waals surface area contributed by atoms with E-state index in [-0.39, 0.29) is 11.1 Å². The number of para-hydroxylation sites is 1. The Hall–Kier alpha value is -3.02. The zero-order valence-electron chi connectivity index (χ0n) is 25.8. The number of unbranched alkanes of at least 4 members (excludes halogenated alkanes) is 13. The molecule has 2 aromatic carbocycles. The zero-order chi connectivity index (χ0) is 29.3. The van der Waals surface area contributed by atoms with Crippen molar-refractivity contribution in [1.29, 1.82) is 0 Å². The first kappa shape index (κ1) is 30.9. The molecule has 0 N–H and O–H groups in total. The quantitative estimate of drug-likeness (QED) is 0.109. The summed E-state index contributed by atoms with van der Waals surface area (Å²) in [7, 11) is 1.54.